The Bertz CT molecular complexity index is 448. The van der Waals surface area contributed by atoms with E-state index in [0.29, 0.717) is 0 Å². The molecule has 1 aliphatic heterocycles. The van der Waals surface area contributed by atoms with Gasteiger partial charge in [0, 0.05) is 24.6 Å². The number of hydrogen-bond acceptors (Lipinski definition) is 3. The molecule has 1 unspecified atom stereocenters. The van der Waals surface area contributed by atoms with Gasteiger partial charge in [-0.3, -0.25) is 4.90 Å². The van der Waals surface area contributed by atoms with Gasteiger partial charge in [-0.25, -0.2) is 4.39 Å². The molecule has 3 nitrogen and oxygen atoms in total. The van der Waals surface area contributed by atoms with E-state index in [1.807, 2.05) is 0 Å². The summed E-state index contributed by atoms with van der Waals surface area (Å²) < 4.78 is 19.1. The molecular weight excluding hydrogens is 243 g/mol. The van der Waals surface area contributed by atoms with Crippen molar-refractivity contribution in [1.29, 1.82) is 0 Å². The fraction of sp³-hybridized carbons (Fsp3) is 0.600. The van der Waals surface area contributed by atoms with Gasteiger partial charge in [0.2, 0.25) is 0 Å². The smallest absolute Gasteiger partial charge is 0.123 e. The van der Waals surface area contributed by atoms with Crippen molar-refractivity contribution in [3.8, 4) is 5.75 Å². The van der Waals surface area contributed by atoms with Gasteiger partial charge in [0.25, 0.3) is 0 Å². The predicted molar refractivity (Wildman–Crippen MR) is 72.8 cm³/mol. The van der Waals surface area contributed by atoms with E-state index in [0.717, 1.165) is 49.8 Å². The van der Waals surface area contributed by atoms with Crippen molar-refractivity contribution in [2.75, 3.05) is 19.6 Å². The molecule has 2 N–H and O–H groups in total. The molecule has 104 valence electrons. The average molecular weight is 264 g/mol. The third-order valence-electron chi connectivity index (χ3n) is 3.91. The van der Waals surface area contributed by atoms with Gasteiger partial charge in [-0.1, -0.05) is 0 Å². The van der Waals surface area contributed by atoms with Crippen LogP contribution in [0.4, 0.5) is 4.39 Å². The number of fused-ring (bicyclic) bond motifs is 1. The molecule has 1 heterocycles. The van der Waals surface area contributed by atoms with Crippen LogP contribution < -0.4 is 10.5 Å². The predicted octanol–water partition coefficient (Wildman–Crippen LogP) is 1.94. The fourth-order valence-corrected chi connectivity index (χ4v) is 2.81. The van der Waals surface area contributed by atoms with E-state index in [2.05, 4.69) is 4.90 Å². The van der Waals surface area contributed by atoms with Crippen LogP contribution in [0.5, 0.6) is 5.75 Å². The lowest BCUT2D eigenvalue weighted by atomic mass is 10.1. The summed E-state index contributed by atoms with van der Waals surface area (Å²) in [6.07, 6.45) is 4.59. The number of halogens is 1. The molecule has 0 amide bonds. The Morgan fingerprint density at radius 1 is 1.37 bits per heavy atom. The molecule has 0 radical (unpaired) electrons. The largest absolute Gasteiger partial charge is 0.488 e. The van der Waals surface area contributed by atoms with Crippen molar-refractivity contribution in [2.24, 2.45) is 5.73 Å². The molecule has 0 saturated heterocycles. The maximum atomic E-state index is 13.2. The first-order chi connectivity index (χ1) is 9.26. The molecule has 0 spiro atoms. The summed E-state index contributed by atoms with van der Waals surface area (Å²) >= 11 is 0. The molecule has 1 aromatic rings. The highest BCUT2D eigenvalue weighted by Crippen LogP contribution is 2.32. The number of nitrogens with zero attached hydrogens (tertiary/aromatic N) is 1. The third kappa shape index (κ3) is 3.07. The van der Waals surface area contributed by atoms with E-state index in [-0.39, 0.29) is 11.9 Å². The minimum Gasteiger partial charge on any atom is -0.488 e. The molecule has 0 bridgehead atoms. The van der Waals surface area contributed by atoms with Crippen LogP contribution >= 0.6 is 0 Å². The Kier molecular flexibility index (Phi) is 3.71. The third-order valence-corrected chi connectivity index (χ3v) is 3.91. The maximum Gasteiger partial charge on any atom is 0.123 e. The van der Waals surface area contributed by atoms with Crippen molar-refractivity contribution >= 4 is 0 Å². The van der Waals surface area contributed by atoms with Crippen LogP contribution in [0.2, 0.25) is 0 Å². The zero-order valence-corrected chi connectivity index (χ0v) is 11.1. The SMILES string of the molecule is NCCCN(CC1Cc2cc(F)ccc2O1)C1CC1. The Hall–Kier alpha value is -1.13. The summed E-state index contributed by atoms with van der Waals surface area (Å²) in [4.78, 5) is 2.49. The van der Waals surface area contributed by atoms with E-state index in [4.69, 9.17) is 10.5 Å². The Balaban J connectivity index is 1.59. The monoisotopic (exact) mass is 264 g/mol. The van der Waals surface area contributed by atoms with Gasteiger partial charge >= 0.3 is 0 Å². The van der Waals surface area contributed by atoms with Crippen LogP contribution in [0.15, 0.2) is 18.2 Å². The fourth-order valence-electron chi connectivity index (χ4n) is 2.81. The van der Waals surface area contributed by atoms with Gasteiger partial charge in [-0.05, 0) is 50.6 Å². The first-order valence-electron chi connectivity index (χ1n) is 7.15. The maximum absolute atomic E-state index is 13.2. The number of hydrogen-bond donors (Lipinski definition) is 1. The summed E-state index contributed by atoms with van der Waals surface area (Å²) in [5.41, 5.74) is 6.59. The number of benzene rings is 1. The van der Waals surface area contributed by atoms with Gasteiger partial charge in [0.1, 0.15) is 17.7 Å². The molecule has 3 rings (SSSR count). The summed E-state index contributed by atoms with van der Waals surface area (Å²) in [5, 5.41) is 0. The normalized spacial score (nSPS) is 21.5. The molecule has 1 aromatic carbocycles. The number of ether oxygens (including phenoxy) is 1. The van der Waals surface area contributed by atoms with Crippen LogP contribution in [0.25, 0.3) is 0 Å². The highest BCUT2D eigenvalue weighted by atomic mass is 19.1. The molecule has 1 fully saturated rings. The number of rotatable bonds is 6. The summed E-state index contributed by atoms with van der Waals surface area (Å²) in [7, 11) is 0. The molecule has 1 aliphatic carbocycles. The molecule has 1 atom stereocenters. The lowest BCUT2D eigenvalue weighted by Crippen LogP contribution is -2.37. The van der Waals surface area contributed by atoms with Gasteiger partial charge in [0.05, 0.1) is 0 Å². The van der Waals surface area contributed by atoms with Gasteiger partial charge in [-0.2, -0.15) is 0 Å². The van der Waals surface area contributed by atoms with E-state index in [1.165, 1.54) is 18.9 Å². The minimum atomic E-state index is -0.176. The Morgan fingerprint density at radius 3 is 2.95 bits per heavy atom. The first-order valence-corrected chi connectivity index (χ1v) is 7.15. The van der Waals surface area contributed by atoms with Crippen molar-refractivity contribution in [3.05, 3.63) is 29.6 Å². The van der Waals surface area contributed by atoms with Gasteiger partial charge < -0.3 is 10.5 Å². The second kappa shape index (κ2) is 5.47. The topological polar surface area (TPSA) is 38.5 Å². The minimum absolute atomic E-state index is 0.162. The van der Waals surface area contributed by atoms with Crippen LogP contribution in [-0.4, -0.2) is 36.7 Å². The van der Waals surface area contributed by atoms with Crippen molar-refractivity contribution in [3.63, 3.8) is 0 Å². The van der Waals surface area contributed by atoms with Crippen molar-refractivity contribution < 1.29 is 9.13 Å². The van der Waals surface area contributed by atoms with Crippen LogP contribution in [0.3, 0.4) is 0 Å². The summed E-state index contributed by atoms with van der Waals surface area (Å²) in [5.74, 6) is 0.672. The van der Waals surface area contributed by atoms with Crippen LogP contribution in [0, 0.1) is 5.82 Å². The lowest BCUT2D eigenvalue weighted by molar-refractivity contribution is 0.144. The van der Waals surface area contributed by atoms with E-state index < -0.39 is 0 Å². The molecular formula is C15H21FN2O. The van der Waals surface area contributed by atoms with E-state index >= 15 is 0 Å². The Morgan fingerprint density at radius 2 is 2.21 bits per heavy atom. The molecule has 0 aromatic heterocycles. The van der Waals surface area contributed by atoms with E-state index in [1.54, 1.807) is 12.1 Å². The second-order valence-electron chi connectivity index (χ2n) is 5.56. The average Bonchev–Trinajstić information content (AvgIpc) is 3.15. The van der Waals surface area contributed by atoms with Gasteiger partial charge in [0.15, 0.2) is 0 Å². The van der Waals surface area contributed by atoms with Gasteiger partial charge in [-0.15, -0.1) is 0 Å². The molecule has 4 heteroatoms. The zero-order valence-electron chi connectivity index (χ0n) is 11.1. The van der Waals surface area contributed by atoms with Crippen LogP contribution in [-0.2, 0) is 6.42 Å². The first kappa shape index (κ1) is 12.9. The molecule has 1 saturated carbocycles. The van der Waals surface area contributed by atoms with E-state index in [9.17, 15) is 4.39 Å². The zero-order chi connectivity index (χ0) is 13.2. The summed E-state index contributed by atoms with van der Waals surface area (Å²) in [6, 6.07) is 5.52. The quantitative estimate of drug-likeness (QED) is 0.853. The Labute approximate surface area is 113 Å². The number of nitrogens with two attached hydrogens (primary N) is 1. The highest BCUT2D eigenvalue weighted by Gasteiger charge is 2.32. The van der Waals surface area contributed by atoms with Crippen molar-refractivity contribution in [2.45, 2.75) is 37.8 Å². The molecule has 19 heavy (non-hydrogen) atoms. The van der Waals surface area contributed by atoms with Crippen molar-refractivity contribution in [1.82, 2.24) is 4.90 Å². The van der Waals surface area contributed by atoms with Crippen LogP contribution in [0.1, 0.15) is 24.8 Å². The second-order valence-corrected chi connectivity index (χ2v) is 5.56. The summed E-state index contributed by atoms with van der Waals surface area (Å²) in [6.45, 7) is 2.72. The molecule has 2 aliphatic rings. The highest BCUT2D eigenvalue weighted by molar-refractivity contribution is 5.37. The lowest BCUT2D eigenvalue weighted by Gasteiger charge is -2.24. The standard InChI is InChI=1S/C15H21FN2O/c16-12-2-5-15-11(8-12)9-14(19-15)10-18(7-1-6-17)13-3-4-13/h2,5,8,13-14H,1,3-4,6-7,9-10,17H2.